The van der Waals surface area contributed by atoms with Crippen LogP contribution in [0.2, 0.25) is 0 Å². The quantitative estimate of drug-likeness (QED) is 0.296. The van der Waals surface area contributed by atoms with Crippen molar-refractivity contribution in [2.45, 2.75) is 46.6 Å². The molecular weight excluding hydrogens is 554 g/mol. The molecule has 0 aliphatic carbocycles. The molecule has 1 aliphatic heterocycles. The van der Waals surface area contributed by atoms with Gasteiger partial charge < -0.3 is 9.80 Å². The third-order valence-corrected chi connectivity index (χ3v) is 8.35. The smallest absolute Gasteiger partial charge is 0.350 e. The number of piperazine rings is 1. The van der Waals surface area contributed by atoms with E-state index in [9.17, 15) is 14.9 Å². The van der Waals surface area contributed by atoms with Gasteiger partial charge in [0.05, 0.1) is 39.7 Å². The lowest BCUT2D eigenvalue weighted by molar-refractivity contribution is -0.126. The van der Waals surface area contributed by atoms with Gasteiger partial charge in [-0.3, -0.25) is 14.9 Å². The molecule has 1 amide bonds. The van der Waals surface area contributed by atoms with E-state index in [1.165, 1.54) is 10.6 Å². The highest BCUT2D eigenvalue weighted by Crippen LogP contribution is 2.37. The van der Waals surface area contributed by atoms with Gasteiger partial charge in [-0.05, 0) is 62.1 Å². The predicted octanol–water partition coefficient (Wildman–Crippen LogP) is 4.55. The summed E-state index contributed by atoms with van der Waals surface area (Å²) < 4.78 is 1.54. The Balaban J connectivity index is 1.70. The van der Waals surface area contributed by atoms with Gasteiger partial charge in [0.1, 0.15) is 11.9 Å². The van der Waals surface area contributed by atoms with Gasteiger partial charge in [-0.15, -0.1) is 0 Å². The highest BCUT2D eigenvalue weighted by Gasteiger charge is 2.31. The molecule has 1 aromatic carbocycles. The second-order valence-electron chi connectivity index (χ2n) is 11.6. The van der Waals surface area contributed by atoms with Crippen LogP contribution in [0.15, 0.2) is 54.1 Å². The minimum absolute atomic E-state index is 0.0156. The van der Waals surface area contributed by atoms with Gasteiger partial charge in [-0.1, -0.05) is 26.5 Å². The number of hydrogen-bond donors (Lipinski definition) is 1. The van der Waals surface area contributed by atoms with Crippen LogP contribution in [-0.4, -0.2) is 66.2 Å². The van der Waals surface area contributed by atoms with Crippen molar-refractivity contribution < 1.29 is 4.79 Å². The number of aromatic nitrogens is 6. The van der Waals surface area contributed by atoms with Crippen molar-refractivity contribution in [2.75, 3.05) is 24.5 Å². The Kier molecular flexibility index (Phi) is 7.21. The van der Waals surface area contributed by atoms with Crippen molar-refractivity contribution in [1.82, 2.24) is 34.6 Å². The van der Waals surface area contributed by atoms with E-state index in [1.807, 2.05) is 57.7 Å². The van der Waals surface area contributed by atoms with Gasteiger partial charge in [0.15, 0.2) is 5.65 Å². The summed E-state index contributed by atoms with van der Waals surface area (Å²) in [7, 11) is 0. The summed E-state index contributed by atoms with van der Waals surface area (Å²) in [5, 5.41) is 19.1. The van der Waals surface area contributed by atoms with E-state index in [4.69, 9.17) is 4.98 Å². The maximum absolute atomic E-state index is 14.2. The van der Waals surface area contributed by atoms with Gasteiger partial charge >= 0.3 is 5.69 Å². The minimum atomic E-state index is -0.497. The summed E-state index contributed by atoms with van der Waals surface area (Å²) in [6.45, 7) is 14.9. The molecule has 1 fully saturated rings. The third-order valence-electron chi connectivity index (χ3n) is 8.35. The number of fused-ring (bicyclic) bond motifs is 2. The molecule has 1 saturated heterocycles. The summed E-state index contributed by atoms with van der Waals surface area (Å²) >= 11 is 0. The Bertz CT molecular complexity index is 2070. The third kappa shape index (κ3) is 4.59. The molecule has 0 bridgehead atoms. The Morgan fingerprint density at radius 3 is 2.66 bits per heavy atom. The van der Waals surface area contributed by atoms with Crippen LogP contribution >= 0.6 is 0 Å². The monoisotopic (exact) mass is 587 g/mol. The largest absolute Gasteiger partial charge is 0.355 e. The molecule has 6 rings (SSSR count). The summed E-state index contributed by atoms with van der Waals surface area (Å²) in [4.78, 5) is 44.7. The van der Waals surface area contributed by atoms with Gasteiger partial charge in [0, 0.05) is 42.8 Å². The molecule has 0 saturated carbocycles. The van der Waals surface area contributed by atoms with E-state index in [1.54, 1.807) is 23.4 Å². The van der Waals surface area contributed by atoms with Crippen LogP contribution in [-0.2, 0) is 4.79 Å². The van der Waals surface area contributed by atoms with Crippen LogP contribution in [0.25, 0.3) is 38.9 Å². The lowest BCUT2D eigenvalue weighted by Crippen LogP contribution is -2.54. The molecule has 5 aromatic rings. The van der Waals surface area contributed by atoms with E-state index in [0.717, 1.165) is 33.3 Å². The standard InChI is InChI=1S/C33H33N9O2/c1-7-26(43)40-12-13-41(21(6)17-40)31-23-14-22(15-34)29(27-19(4)8-9-25-24(27)16-36-39-25)37-32(23)42(33(44)38-31)30-20(5)10-11-35-28(30)18(2)3/h7-11,14,16,18,21H,1,12-13,17H2,2-6H3,(H,36,39)/t21-/m0/s1. The highest BCUT2D eigenvalue weighted by molar-refractivity contribution is 5.99. The Hall–Kier alpha value is -5.37. The summed E-state index contributed by atoms with van der Waals surface area (Å²) in [6, 6.07) is 9.75. The predicted molar refractivity (Wildman–Crippen MR) is 170 cm³/mol. The Morgan fingerprint density at radius 2 is 1.95 bits per heavy atom. The number of nitrogens with one attached hydrogen (secondary N) is 1. The maximum Gasteiger partial charge on any atom is 0.355 e. The zero-order valence-corrected chi connectivity index (χ0v) is 25.4. The molecule has 1 N–H and O–H groups in total. The topological polar surface area (TPSA) is 137 Å². The number of aromatic amines is 1. The number of anilines is 1. The molecule has 11 heteroatoms. The van der Waals surface area contributed by atoms with E-state index < -0.39 is 5.69 Å². The van der Waals surface area contributed by atoms with Crippen molar-refractivity contribution in [3.63, 3.8) is 0 Å². The van der Waals surface area contributed by atoms with Crippen LogP contribution < -0.4 is 10.6 Å². The number of carbonyl (C=O) groups is 1. The van der Waals surface area contributed by atoms with Crippen LogP contribution in [0, 0.1) is 25.2 Å². The van der Waals surface area contributed by atoms with Crippen molar-refractivity contribution in [1.29, 1.82) is 5.26 Å². The van der Waals surface area contributed by atoms with Crippen LogP contribution in [0.1, 0.15) is 49.1 Å². The molecule has 0 spiro atoms. The Labute approximate surface area is 254 Å². The van der Waals surface area contributed by atoms with Crippen molar-refractivity contribution in [2.24, 2.45) is 0 Å². The molecule has 4 aromatic heterocycles. The van der Waals surface area contributed by atoms with Crippen molar-refractivity contribution in [3.8, 4) is 23.0 Å². The summed E-state index contributed by atoms with van der Waals surface area (Å²) in [5.41, 5.74) is 5.42. The highest BCUT2D eigenvalue weighted by atomic mass is 16.2. The second-order valence-corrected chi connectivity index (χ2v) is 11.6. The van der Waals surface area contributed by atoms with E-state index >= 15 is 0 Å². The molecule has 222 valence electrons. The first kappa shape index (κ1) is 28.7. The second kappa shape index (κ2) is 11.0. The van der Waals surface area contributed by atoms with Gasteiger partial charge in [-0.2, -0.15) is 15.3 Å². The summed E-state index contributed by atoms with van der Waals surface area (Å²) in [6.07, 6.45) is 4.78. The van der Waals surface area contributed by atoms with Gasteiger partial charge in [-0.25, -0.2) is 14.3 Å². The van der Waals surface area contributed by atoms with E-state index in [0.29, 0.717) is 53.4 Å². The zero-order chi connectivity index (χ0) is 31.3. The number of benzene rings is 1. The molecule has 1 aliphatic rings. The lowest BCUT2D eigenvalue weighted by Gasteiger charge is -2.40. The first-order chi connectivity index (χ1) is 21.1. The number of pyridine rings is 2. The number of hydrogen-bond acceptors (Lipinski definition) is 8. The SMILES string of the molecule is C=CC(=O)N1CCN(c2nc(=O)n(-c3c(C)ccnc3C(C)C)c3nc(-c4c(C)ccc5[nH]ncc45)c(C#N)cc23)[C@@H](C)C1. The normalized spacial score (nSPS) is 15.2. The van der Waals surface area contributed by atoms with Gasteiger partial charge in [0.2, 0.25) is 5.91 Å². The number of H-pyrrole nitrogens is 1. The average molecular weight is 588 g/mol. The van der Waals surface area contributed by atoms with E-state index in [2.05, 4.69) is 32.8 Å². The molecule has 0 unspecified atom stereocenters. The maximum atomic E-state index is 14.2. The van der Waals surface area contributed by atoms with Crippen molar-refractivity contribution >= 4 is 33.7 Å². The fourth-order valence-corrected chi connectivity index (χ4v) is 6.15. The molecule has 0 radical (unpaired) electrons. The lowest BCUT2D eigenvalue weighted by atomic mass is 9.97. The molecule has 1 atom stereocenters. The van der Waals surface area contributed by atoms with E-state index in [-0.39, 0.29) is 17.9 Å². The fourth-order valence-electron chi connectivity index (χ4n) is 6.15. The summed E-state index contributed by atoms with van der Waals surface area (Å²) in [5.74, 6) is 0.308. The number of carbonyl (C=O) groups excluding carboxylic acids is 1. The number of nitriles is 1. The van der Waals surface area contributed by atoms with Crippen LogP contribution in [0.4, 0.5) is 5.82 Å². The average Bonchev–Trinajstić information content (AvgIpc) is 3.49. The van der Waals surface area contributed by atoms with Crippen LogP contribution in [0.3, 0.4) is 0 Å². The molecule has 11 nitrogen and oxygen atoms in total. The number of rotatable bonds is 5. The van der Waals surface area contributed by atoms with Gasteiger partial charge in [0.25, 0.3) is 0 Å². The first-order valence-electron chi connectivity index (χ1n) is 14.6. The van der Waals surface area contributed by atoms with Crippen LogP contribution in [0.5, 0.6) is 0 Å². The number of amides is 1. The number of aryl methyl sites for hydroxylation is 2. The number of nitrogens with zero attached hydrogens (tertiary/aromatic N) is 8. The molecule has 5 heterocycles. The molecular formula is C33H33N9O2. The molecule has 44 heavy (non-hydrogen) atoms. The van der Waals surface area contributed by atoms with Crippen molar-refractivity contribution in [3.05, 3.63) is 82.2 Å². The Morgan fingerprint density at radius 1 is 1.16 bits per heavy atom. The minimum Gasteiger partial charge on any atom is -0.350 e. The zero-order valence-electron chi connectivity index (χ0n) is 25.4. The first-order valence-corrected chi connectivity index (χ1v) is 14.6. The fraction of sp³-hybridized carbons (Fsp3) is 0.303.